The summed E-state index contributed by atoms with van der Waals surface area (Å²) in [6, 6.07) is 4.00. The number of esters is 1. The number of methoxy groups -OCH3 is 1. The first-order valence-corrected chi connectivity index (χ1v) is 13.0. The van der Waals surface area contributed by atoms with E-state index in [1.54, 1.807) is 4.90 Å². The maximum absolute atomic E-state index is 12.7. The second-order valence-corrected chi connectivity index (χ2v) is 10.8. The van der Waals surface area contributed by atoms with Crippen LogP contribution in [0.4, 0.5) is 4.79 Å². The molecule has 0 N–H and O–H groups in total. The van der Waals surface area contributed by atoms with Gasteiger partial charge in [0.15, 0.2) is 5.16 Å². The number of aromatic nitrogens is 3. The molecule has 0 atom stereocenters. The highest BCUT2D eigenvalue weighted by Gasteiger charge is 2.32. The molecule has 0 bridgehead atoms. The third kappa shape index (κ3) is 4.64. The molecule has 3 aromatic rings. The Bertz CT molecular complexity index is 1230. The van der Waals surface area contributed by atoms with Crippen LogP contribution in [0.5, 0.6) is 0 Å². The molecule has 33 heavy (non-hydrogen) atoms. The summed E-state index contributed by atoms with van der Waals surface area (Å²) in [6.45, 7) is 6.78. The Balaban J connectivity index is 1.79. The SMILES string of the molecule is COC(=O)c1c(I)n(C2CCN(C(=O)OC(C)(C)C)CC2)c2c1ccc1cnc(SC)nc12. The molecule has 3 heterocycles. The van der Waals surface area contributed by atoms with Crippen LogP contribution in [-0.2, 0) is 9.47 Å². The quantitative estimate of drug-likeness (QED) is 0.180. The zero-order valence-corrected chi connectivity index (χ0v) is 22.3. The van der Waals surface area contributed by atoms with Crippen LogP contribution in [0.15, 0.2) is 23.5 Å². The van der Waals surface area contributed by atoms with Crippen LogP contribution in [0.25, 0.3) is 21.8 Å². The molecule has 0 radical (unpaired) electrons. The molecule has 0 saturated carbocycles. The van der Waals surface area contributed by atoms with E-state index in [1.807, 2.05) is 45.4 Å². The number of hydrogen-bond acceptors (Lipinski definition) is 7. The zero-order chi connectivity index (χ0) is 23.9. The molecule has 0 unspecified atom stereocenters. The summed E-state index contributed by atoms with van der Waals surface area (Å²) in [6.07, 6.45) is 4.97. The van der Waals surface area contributed by atoms with Gasteiger partial charge in [0.1, 0.15) is 5.60 Å². The number of likely N-dealkylation sites (tertiary alicyclic amines) is 1. The van der Waals surface area contributed by atoms with Crippen LogP contribution in [0.1, 0.15) is 50.0 Å². The molecule has 1 aliphatic heterocycles. The standard InChI is InChI=1S/C23H27IN4O4S/c1-23(2,3)32-22(30)27-10-8-14(9-11-27)28-18-15(16(19(28)24)20(29)31-4)7-6-13-12-25-21(33-5)26-17(13)18/h6-7,12,14H,8-11H2,1-5H3. The number of hydrogen-bond donors (Lipinski definition) is 0. The summed E-state index contributed by atoms with van der Waals surface area (Å²) in [5.74, 6) is -0.368. The van der Waals surface area contributed by atoms with E-state index >= 15 is 0 Å². The van der Waals surface area contributed by atoms with Crippen LogP contribution < -0.4 is 0 Å². The van der Waals surface area contributed by atoms with Gasteiger partial charge in [0.2, 0.25) is 0 Å². The van der Waals surface area contributed by atoms with Crippen molar-refractivity contribution in [3.8, 4) is 0 Å². The van der Waals surface area contributed by atoms with Gasteiger partial charge in [-0.05, 0) is 62.5 Å². The lowest BCUT2D eigenvalue weighted by molar-refractivity contribution is 0.0189. The van der Waals surface area contributed by atoms with Gasteiger partial charge in [0.25, 0.3) is 0 Å². The molecule has 0 spiro atoms. The molecule has 1 aliphatic rings. The summed E-state index contributed by atoms with van der Waals surface area (Å²) < 4.78 is 13.7. The number of rotatable bonds is 3. The molecule has 2 aromatic heterocycles. The topological polar surface area (TPSA) is 86.5 Å². The number of benzene rings is 1. The molecule has 1 aromatic carbocycles. The van der Waals surface area contributed by atoms with Crippen molar-refractivity contribution in [3.05, 3.63) is 27.6 Å². The van der Waals surface area contributed by atoms with E-state index in [-0.39, 0.29) is 18.1 Å². The van der Waals surface area contributed by atoms with Crippen molar-refractivity contribution >= 4 is 68.2 Å². The first-order valence-electron chi connectivity index (χ1n) is 10.7. The zero-order valence-electron chi connectivity index (χ0n) is 19.3. The smallest absolute Gasteiger partial charge is 0.410 e. The molecule has 10 heteroatoms. The summed E-state index contributed by atoms with van der Waals surface area (Å²) in [5.41, 5.74) is 1.75. The summed E-state index contributed by atoms with van der Waals surface area (Å²) >= 11 is 3.71. The van der Waals surface area contributed by atoms with Crippen molar-refractivity contribution in [3.63, 3.8) is 0 Å². The Morgan fingerprint density at radius 1 is 1.21 bits per heavy atom. The molecule has 1 fully saturated rings. The predicted octanol–water partition coefficient (Wildman–Crippen LogP) is 5.27. The lowest BCUT2D eigenvalue weighted by atomic mass is 10.0. The Morgan fingerprint density at radius 2 is 1.91 bits per heavy atom. The number of halogens is 1. The van der Waals surface area contributed by atoms with E-state index in [9.17, 15) is 9.59 Å². The second kappa shape index (κ2) is 9.28. The number of carbonyl (C=O) groups excluding carboxylic acids is 2. The van der Waals surface area contributed by atoms with Crippen molar-refractivity contribution in [2.24, 2.45) is 0 Å². The fourth-order valence-corrected chi connectivity index (χ4v) is 5.70. The largest absolute Gasteiger partial charge is 0.465 e. The minimum atomic E-state index is -0.525. The third-order valence-electron chi connectivity index (χ3n) is 5.69. The van der Waals surface area contributed by atoms with Crippen molar-refractivity contribution in [1.82, 2.24) is 19.4 Å². The maximum Gasteiger partial charge on any atom is 0.410 e. The molecule has 176 valence electrons. The molecule has 8 nitrogen and oxygen atoms in total. The number of ether oxygens (including phenoxy) is 2. The van der Waals surface area contributed by atoms with Crippen molar-refractivity contribution in [2.45, 2.75) is 50.4 Å². The Hall–Kier alpha value is -2.08. The van der Waals surface area contributed by atoms with Crippen molar-refractivity contribution < 1.29 is 19.1 Å². The van der Waals surface area contributed by atoms with E-state index in [1.165, 1.54) is 18.9 Å². The minimum absolute atomic E-state index is 0.106. The highest BCUT2D eigenvalue weighted by molar-refractivity contribution is 14.1. The van der Waals surface area contributed by atoms with E-state index in [4.69, 9.17) is 14.5 Å². The summed E-state index contributed by atoms with van der Waals surface area (Å²) in [7, 11) is 1.40. The van der Waals surface area contributed by atoms with Gasteiger partial charge in [-0.1, -0.05) is 23.9 Å². The van der Waals surface area contributed by atoms with E-state index < -0.39 is 5.60 Å². The van der Waals surface area contributed by atoms with Crippen LogP contribution >= 0.6 is 34.4 Å². The summed E-state index contributed by atoms with van der Waals surface area (Å²) in [4.78, 5) is 36.2. The van der Waals surface area contributed by atoms with Gasteiger partial charge >= 0.3 is 12.1 Å². The average Bonchev–Trinajstić information content (AvgIpc) is 3.09. The predicted molar refractivity (Wildman–Crippen MR) is 137 cm³/mol. The normalized spacial score (nSPS) is 15.3. The van der Waals surface area contributed by atoms with Crippen molar-refractivity contribution in [2.75, 3.05) is 26.5 Å². The Labute approximate surface area is 210 Å². The molecule has 1 amide bonds. The lowest BCUT2D eigenvalue weighted by Crippen LogP contribution is -2.42. The fraction of sp³-hybridized carbons (Fsp3) is 0.478. The highest BCUT2D eigenvalue weighted by atomic mass is 127. The first-order chi connectivity index (χ1) is 15.6. The number of piperidine rings is 1. The first kappa shape index (κ1) is 24.1. The van der Waals surface area contributed by atoms with E-state index in [0.717, 1.165) is 38.3 Å². The monoisotopic (exact) mass is 582 g/mol. The van der Waals surface area contributed by atoms with Gasteiger partial charge in [0.05, 0.1) is 27.4 Å². The molecule has 0 aliphatic carbocycles. The van der Waals surface area contributed by atoms with Gasteiger partial charge in [-0.2, -0.15) is 0 Å². The molecular formula is C23H27IN4O4S. The minimum Gasteiger partial charge on any atom is -0.465 e. The Kier molecular flexibility index (Phi) is 6.77. The average molecular weight is 582 g/mol. The lowest BCUT2D eigenvalue weighted by Gasteiger charge is -2.34. The maximum atomic E-state index is 12.7. The summed E-state index contributed by atoms with van der Waals surface area (Å²) in [5, 5.41) is 2.41. The fourth-order valence-electron chi connectivity index (χ4n) is 4.21. The van der Waals surface area contributed by atoms with Crippen LogP contribution in [0.2, 0.25) is 0 Å². The number of thioether (sulfide) groups is 1. The Morgan fingerprint density at radius 3 is 2.52 bits per heavy atom. The molecule has 4 rings (SSSR count). The van der Waals surface area contributed by atoms with Crippen LogP contribution in [0.3, 0.4) is 0 Å². The van der Waals surface area contributed by atoms with Crippen LogP contribution in [-0.4, -0.2) is 63.6 Å². The van der Waals surface area contributed by atoms with Gasteiger partial charge in [-0.25, -0.2) is 19.6 Å². The number of carbonyl (C=O) groups is 2. The molecule has 1 saturated heterocycles. The van der Waals surface area contributed by atoms with Crippen molar-refractivity contribution in [1.29, 1.82) is 0 Å². The van der Waals surface area contributed by atoms with Gasteiger partial charge < -0.3 is 18.9 Å². The number of nitrogens with zero attached hydrogens (tertiary/aromatic N) is 4. The van der Waals surface area contributed by atoms with Gasteiger partial charge in [0, 0.05) is 36.1 Å². The van der Waals surface area contributed by atoms with Gasteiger partial charge in [-0.15, -0.1) is 0 Å². The number of amides is 1. The number of fused-ring (bicyclic) bond motifs is 3. The van der Waals surface area contributed by atoms with E-state index in [0.29, 0.717) is 23.8 Å². The van der Waals surface area contributed by atoms with E-state index in [2.05, 4.69) is 32.1 Å². The van der Waals surface area contributed by atoms with Gasteiger partial charge in [-0.3, -0.25) is 0 Å². The molecular weight excluding hydrogens is 555 g/mol. The van der Waals surface area contributed by atoms with Crippen LogP contribution in [0, 0.1) is 3.70 Å². The highest BCUT2D eigenvalue weighted by Crippen LogP contribution is 2.38. The third-order valence-corrected chi connectivity index (χ3v) is 7.31. The second-order valence-electron chi connectivity index (χ2n) is 8.98.